The summed E-state index contributed by atoms with van der Waals surface area (Å²) in [5.41, 5.74) is 3.23. The molecule has 5 nitrogen and oxygen atoms in total. The Balaban J connectivity index is 1.50. The highest BCUT2D eigenvalue weighted by molar-refractivity contribution is 6.00. The largest absolute Gasteiger partial charge is 0.488 e. The summed E-state index contributed by atoms with van der Waals surface area (Å²) in [7, 11) is 1.86. The number of hydrogen-bond donors (Lipinski definition) is 1. The summed E-state index contributed by atoms with van der Waals surface area (Å²) in [6.45, 7) is 10.2. The van der Waals surface area contributed by atoms with Crippen LogP contribution in [0.2, 0.25) is 0 Å². The van der Waals surface area contributed by atoms with Crippen LogP contribution in [0.4, 0.5) is 0 Å². The molecule has 5 heteroatoms. The van der Waals surface area contributed by atoms with E-state index in [0.717, 1.165) is 60.3 Å². The molecular weight excluding hydrogens is 450 g/mol. The summed E-state index contributed by atoms with van der Waals surface area (Å²) >= 11 is 0. The van der Waals surface area contributed by atoms with Crippen LogP contribution >= 0.6 is 0 Å². The molecule has 2 heterocycles. The maximum absolute atomic E-state index is 13.1. The van der Waals surface area contributed by atoms with Crippen molar-refractivity contribution in [3.63, 3.8) is 0 Å². The normalized spacial score (nSPS) is 34.2. The lowest BCUT2D eigenvalue weighted by atomic mass is 9.43. The number of ether oxygens (including phenoxy) is 2. The average Bonchev–Trinajstić information content (AvgIpc) is 3.14. The van der Waals surface area contributed by atoms with Crippen molar-refractivity contribution in [2.24, 2.45) is 22.7 Å². The van der Waals surface area contributed by atoms with E-state index in [0.29, 0.717) is 24.6 Å². The number of aliphatic hydroxyl groups is 1. The number of nitrogens with zero attached hydrogens (tertiary/aromatic N) is 1. The number of benzene rings is 2. The van der Waals surface area contributed by atoms with Gasteiger partial charge in [0.1, 0.15) is 23.7 Å². The standard InChI is InChI=1S/C31H39NO4/c1-19-11-12-25-29(2,3)26(33)13-14-31(25)30(19,4)16-22-24(35-18-20-9-7-6-8-10-20)15-21-23(27(22)36-31)17-32(5)28(21)34/h6-10,15,19,25-26,33H,11-14,16-18H2,1-5H3/t19-,25-,26-,30+,31-/m0/s1. The van der Waals surface area contributed by atoms with Gasteiger partial charge in [0.25, 0.3) is 5.91 Å². The molecule has 2 aromatic carbocycles. The number of amides is 1. The Kier molecular flexibility index (Phi) is 5.29. The molecule has 0 unspecified atom stereocenters. The fourth-order valence-electron chi connectivity index (χ4n) is 8.02. The highest BCUT2D eigenvalue weighted by Crippen LogP contribution is 2.67. The third-order valence-electron chi connectivity index (χ3n) is 10.5. The smallest absolute Gasteiger partial charge is 0.254 e. The molecular formula is C31H39NO4. The molecule has 2 aliphatic carbocycles. The number of aliphatic hydroxyl groups excluding tert-OH is 1. The van der Waals surface area contributed by atoms with Gasteiger partial charge < -0.3 is 19.5 Å². The predicted octanol–water partition coefficient (Wildman–Crippen LogP) is 5.76. The highest BCUT2D eigenvalue weighted by Gasteiger charge is 2.68. The minimum absolute atomic E-state index is 0.0276. The molecule has 36 heavy (non-hydrogen) atoms. The lowest BCUT2D eigenvalue weighted by molar-refractivity contribution is -0.233. The van der Waals surface area contributed by atoms with Crippen LogP contribution in [0.25, 0.3) is 0 Å². The zero-order valence-electron chi connectivity index (χ0n) is 22.3. The van der Waals surface area contributed by atoms with Gasteiger partial charge in [0.2, 0.25) is 0 Å². The van der Waals surface area contributed by atoms with E-state index in [1.165, 1.54) is 0 Å². The molecule has 4 aliphatic rings. The molecule has 1 amide bonds. The SMILES string of the molecule is C[C@H]1CC[C@H]2C(C)(C)[C@@H](O)CC[C@]23Oc2c(c(OCc4ccccc4)cc4c2CN(C)C4=O)C[C@]13C. The molecule has 0 bridgehead atoms. The number of carbonyl (C=O) groups excluding carboxylic acids is 1. The van der Waals surface area contributed by atoms with Gasteiger partial charge >= 0.3 is 0 Å². The van der Waals surface area contributed by atoms with Gasteiger partial charge in [0.15, 0.2) is 0 Å². The molecule has 2 aliphatic heterocycles. The van der Waals surface area contributed by atoms with Gasteiger partial charge in [-0.3, -0.25) is 4.79 Å². The van der Waals surface area contributed by atoms with E-state index in [-0.39, 0.29) is 34.4 Å². The first-order chi connectivity index (χ1) is 17.1. The molecule has 2 aromatic rings. The monoisotopic (exact) mass is 489 g/mol. The van der Waals surface area contributed by atoms with Gasteiger partial charge in [-0.1, -0.05) is 58.0 Å². The minimum atomic E-state index is -0.365. The Morgan fingerprint density at radius 1 is 1.11 bits per heavy atom. The predicted molar refractivity (Wildman–Crippen MR) is 139 cm³/mol. The summed E-state index contributed by atoms with van der Waals surface area (Å²) in [4.78, 5) is 14.9. The fraction of sp³-hybridized carbons (Fsp3) is 0.581. The van der Waals surface area contributed by atoms with E-state index in [1.807, 2.05) is 31.3 Å². The van der Waals surface area contributed by atoms with E-state index in [1.54, 1.807) is 4.90 Å². The molecule has 2 fully saturated rings. The van der Waals surface area contributed by atoms with E-state index >= 15 is 0 Å². The lowest BCUT2D eigenvalue weighted by Gasteiger charge is -2.67. The quantitative estimate of drug-likeness (QED) is 0.596. The summed E-state index contributed by atoms with van der Waals surface area (Å²) < 4.78 is 13.8. The molecule has 0 radical (unpaired) electrons. The zero-order chi connectivity index (χ0) is 25.5. The number of rotatable bonds is 3. The van der Waals surface area contributed by atoms with Crippen LogP contribution in [0.1, 0.15) is 80.4 Å². The van der Waals surface area contributed by atoms with Crippen molar-refractivity contribution >= 4 is 5.91 Å². The van der Waals surface area contributed by atoms with Crippen LogP contribution in [0.15, 0.2) is 36.4 Å². The first-order valence-corrected chi connectivity index (χ1v) is 13.6. The third kappa shape index (κ3) is 3.14. The Hall–Kier alpha value is -2.53. The van der Waals surface area contributed by atoms with Crippen LogP contribution in [-0.4, -0.2) is 34.7 Å². The second-order valence-corrected chi connectivity index (χ2v) is 12.6. The minimum Gasteiger partial charge on any atom is -0.488 e. The fourth-order valence-corrected chi connectivity index (χ4v) is 8.02. The third-order valence-corrected chi connectivity index (χ3v) is 10.5. The van der Waals surface area contributed by atoms with Crippen molar-refractivity contribution in [1.29, 1.82) is 0 Å². The van der Waals surface area contributed by atoms with E-state index in [4.69, 9.17) is 9.47 Å². The second kappa shape index (κ2) is 7.98. The second-order valence-electron chi connectivity index (χ2n) is 12.6. The van der Waals surface area contributed by atoms with Crippen molar-refractivity contribution in [3.8, 4) is 11.5 Å². The van der Waals surface area contributed by atoms with Crippen LogP contribution < -0.4 is 9.47 Å². The van der Waals surface area contributed by atoms with Crippen molar-refractivity contribution in [2.45, 2.75) is 84.7 Å². The maximum Gasteiger partial charge on any atom is 0.254 e. The Morgan fingerprint density at radius 2 is 1.86 bits per heavy atom. The molecule has 2 saturated carbocycles. The lowest BCUT2D eigenvalue weighted by Crippen LogP contribution is -2.70. The van der Waals surface area contributed by atoms with Crippen molar-refractivity contribution < 1.29 is 19.4 Å². The molecule has 192 valence electrons. The maximum atomic E-state index is 13.1. The Bertz CT molecular complexity index is 1210. The van der Waals surface area contributed by atoms with Crippen LogP contribution in [-0.2, 0) is 19.6 Å². The summed E-state index contributed by atoms with van der Waals surface area (Å²) in [5, 5.41) is 11.0. The van der Waals surface area contributed by atoms with Crippen LogP contribution in [0.5, 0.6) is 11.5 Å². The first-order valence-electron chi connectivity index (χ1n) is 13.6. The van der Waals surface area contributed by atoms with Gasteiger partial charge in [0, 0.05) is 29.5 Å². The van der Waals surface area contributed by atoms with E-state index in [9.17, 15) is 9.90 Å². The van der Waals surface area contributed by atoms with Crippen LogP contribution in [0, 0.1) is 22.7 Å². The number of carbonyl (C=O) groups is 1. The molecule has 1 spiro atoms. The first kappa shape index (κ1) is 23.8. The average molecular weight is 490 g/mol. The molecule has 5 atom stereocenters. The summed E-state index contributed by atoms with van der Waals surface area (Å²) in [5.74, 6) is 2.41. The zero-order valence-corrected chi connectivity index (χ0v) is 22.3. The van der Waals surface area contributed by atoms with Gasteiger partial charge in [-0.2, -0.15) is 0 Å². The van der Waals surface area contributed by atoms with Gasteiger partial charge in [0.05, 0.1) is 18.2 Å². The Morgan fingerprint density at radius 3 is 2.61 bits per heavy atom. The van der Waals surface area contributed by atoms with E-state index < -0.39 is 0 Å². The topological polar surface area (TPSA) is 59.0 Å². The summed E-state index contributed by atoms with van der Waals surface area (Å²) in [6.07, 6.45) is 4.31. The summed E-state index contributed by atoms with van der Waals surface area (Å²) in [6, 6.07) is 12.1. The van der Waals surface area contributed by atoms with Gasteiger partial charge in [-0.15, -0.1) is 0 Å². The van der Waals surface area contributed by atoms with Crippen molar-refractivity contribution in [2.75, 3.05) is 7.05 Å². The van der Waals surface area contributed by atoms with E-state index in [2.05, 4.69) is 39.8 Å². The number of fused-ring (bicyclic) bond motifs is 3. The number of hydrogen-bond acceptors (Lipinski definition) is 4. The molecule has 1 N–H and O–H groups in total. The Labute approximate surface area is 214 Å². The van der Waals surface area contributed by atoms with Crippen LogP contribution in [0.3, 0.4) is 0 Å². The van der Waals surface area contributed by atoms with Crippen molar-refractivity contribution in [1.82, 2.24) is 4.90 Å². The van der Waals surface area contributed by atoms with Crippen molar-refractivity contribution in [3.05, 3.63) is 58.7 Å². The van der Waals surface area contributed by atoms with Gasteiger partial charge in [-0.25, -0.2) is 0 Å². The molecule has 6 rings (SSSR count). The van der Waals surface area contributed by atoms with Gasteiger partial charge in [-0.05, 0) is 55.1 Å². The molecule has 0 saturated heterocycles. The highest BCUT2D eigenvalue weighted by atomic mass is 16.5. The molecule has 0 aromatic heterocycles.